The lowest BCUT2D eigenvalue weighted by atomic mass is 10.6. The van der Waals surface area contributed by atoms with Crippen molar-refractivity contribution in [3.8, 4) is 0 Å². The van der Waals surface area contributed by atoms with Crippen LogP contribution >= 0.6 is 23.4 Å². The first kappa shape index (κ1) is 10.2. The Bertz CT molecular complexity index is 121. The molecule has 0 nitrogen and oxygen atoms in total. The molecule has 0 fully saturated rings. The van der Waals surface area contributed by atoms with E-state index in [1.54, 1.807) is 0 Å². The van der Waals surface area contributed by atoms with E-state index in [0.29, 0.717) is 11.8 Å². The fourth-order valence-corrected chi connectivity index (χ4v) is 0.962. The number of allylic oxidation sites excluding steroid dienone is 1. The summed E-state index contributed by atoms with van der Waals surface area (Å²) in [7, 11) is 0. The molecule has 0 saturated carbocycles. The SMILES string of the molecule is C=C(SCCCl)C(F)(F)F. The maximum Gasteiger partial charge on any atom is 0.421 e. The van der Waals surface area contributed by atoms with Crippen LogP contribution in [-0.2, 0) is 0 Å². The standard InChI is InChI=1S/C5H6ClF3S/c1-4(5(7,8)9)10-3-2-6/h1-3H2. The Morgan fingerprint density at radius 3 is 2.30 bits per heavy atom. The van der Waals surface area contributed by atoms with Crippen LogP contribution in [0.25, 0.3) is 0 Å². The second-order valence-corrected chi connectivity index (χ2v) is 3.03. The van der Waals surface area contributed by atoms with Crippen molar-refractivity contribution in [1.82, 2.24) is 0 Å². The third-order valence-electron chi connectivity index (χ3n) is 0.670. The van der Waals surface area contributed by atoms with Gasteiger partial charge in [-0.15, -0.1) is 23.4 Å². The monoisotopic (exact) mass is 190 g/mol. The van der Waals surface area contributed by atoms with Crippen molar-refractivity contribution in [2.45, 2.75) is 6.18 Å². The summed E-state index contributed by atoms with van der Waals surface area (Å²) in [6, 6.07) is 0. The second kappa shape index (κ2) is 4.13. The number of hydrogen-bond acceptors (Lipinski definition) is 1. The van der Waals surface area contributed by atoms with Crippen LogP contribution in [0.5, 0.6) is 0 Å². The van der Waals surface area contributed by atoms with Gasteiger partial charge in [-0.1, -0.05) is 6.58 Å². The highest BCUT2D eigenvalue weighted by molar-refractivity contribution is 8.03. The molecule has 0 aliphatic heterocycles. The predicted molar refractivity (Wildman–Crippen MR) is 38.4 cm³/mol. The van der Waals surface area contributed by atoms with Crippen molar-refractivity contribution >= 4 is 23.4 Å². The fourth-order valence-electron chi connectivity index (χ4n) is 0.244. The van der Waals surface area contributed by atoms with Crippen molar-refractivity contribution in [1.29, 1.82) is 0 Å². The zero-order valence-electron chi connectivity index (χ0n) is 5.04. The van der Waals surface area contributed by atoms with Crippen LogP contribution in [0.1, 0.15) is 0 Å². The summed E-state index contributed by atoms with van der Waals surface area (Å²) in [6.07, 6.45) is -4.28. The Labute approximate surface area is 66.4 Å². The second-order valence-electron chi connectivity index (χ2n) is 1.46. The molecule has 60 valence electrons. The number of rotatable bonds is 3. The van der Waals surface area contributed by atoms with Crippen molar-refractivity contribution < 1.29 is 13.2 Å². The van der Waals surface area contributed by atoms with Crippen molar-refractivity contribution in [3.05, 3.63) is 11.5 Å². The number of hydrogen-bond donors (Lipinski definition) is 0. The fraction of sp³-hybridized carbons (Fsp3) is 0.600. The molecule has 0 N–H and O–H groups in total. The Balaban J connectivity index is 3.64. The van der Waals surface area contributed by atoms with Crippen LogP contribution in [0.2, 0.25) is 0 Å². The smallest absolute Gasteiger partial charge is 0.166 e. The average molecular weight is 191 g/mol. The van der Waals surface area contributed by atoms with Gasteiger partial charge in [-0.2, -0.15) is 13.2 Å². The Morgan fingerprint density at radius 1 is 1.50 bits per heavy atom. The largest absolute Gasteiger partial charge is 0.421 e. The molecule has 0 aromatic heterocycles. The molecule has 10 heavy (non-hydrogen) atoms. The van der Waals surface area contributed by atoms with Gasteiger partial charge in [-0.3, -0.25) is 0 Å². The number of halogens is 4. The van der Waals surface area contributed by atoms with Gasteiger partial charge < -0.3 is 0 Å². The predicted octanol–water partition coefficient (Wildman–Crippen LogP) is 3.03. The van der Waals surface area contributed by atoms with E-state index >= 15 is 0 Å². The Kier molecular flexibility index (Phi) is 4.20. The summed E-state index contributed by atoms with van der Waals surface area (Å²) >= 11 is 5.80. The van der Waals surface area contributed by atoms with Gasteiger partial charge in [0.1, 0.15) is 0 Å². The first-order valence-corrected chi connectivity index (χ1v) is 3.95. The minimum Gasteiger partial charge on any atom is -0.166 e. The first-order chi connectivity index (χ1) is 4.48. The zero-order valence-corrected chi connectivity index (χ0v) is 6.61. The van der Waals surface area contributed by atoms with E-state index < -0.39 is 11.1 Å². The molecule has 0 saturated heterocycles. The van der Waals surface area contributed by atoms with Gasteiger partial charge in [0.2, 0.25) is 0 Å². The molecule has 0 heterocycles. The van der Waals surface area contributed by atoms with Gasteiger partial charge in [0.25, 0.3) is 0 Å². The summed E-state index contributed by atoms with van der Waals surface area (Å²) in [4.78, 5) is -0.784. The summed E-state index contributed by atoms with van der Waals surface area (Å²) < 4.78 is 34.8. The molecule has 0 rings (SSSR count). The van der Waals surface area contributed by atoms with E-state index in [0.717, 1.165) is 0 Å². The van der Waals surface area contributed by atoms with Gasteiger partial charge in [0.15, 0.2) is 0 Å². The van der Waals surface area contributed by atoms with Crippen LogP contribution in [0, 0.1) is 0 Å². The summed E-state index contributed by atoms with van der Waals surface area (Å²) in [6.45, 7) is 2.84. The number of thioether (sulfide) groups is 1. The van der Waals surface area contributed by atoms with Crippen molar-refractivity contribution in [2.75, 3.05) is 11.6 Å². The van der Waals surface area contributed by atoms with Gasteiger partial charge >= 0.3 is 6.18 Å². The molecule has 0 aliphatic carbocycles. The molecule has 0 radical (unpaired) electrons. The molecule has 0 amide bonds. The highest BCUT2D eigenvalue weighted by atomic mass is 35.5. The third kappa shape index (κ3) is 4.06. The molecule has 0 unspecified atom stereocenters. The summed E-state index contributed by atoms with van der Waals surface area (Å²) in [5.74, 6) is 0.458. The molecule has 5 heteroatoms. The molecular weight excluding hydrogens is 185 g/mol. The van der Waals surface area contributed by atoms with Gasteiger partial charge in [-0.05, 0) is 0 Å². The topological polar surface area (TPSA) is 0 Å². The maximum atomic E-state index is 11.6. The quantitative estimate of drug-likeness (QED) is 0.617. The summed E-state index contributed by atoms with van der Waals surface area (Å²) in [5.41, 5.74) is 0. The minimum absolute atomic E-state index is 0.208. The molecular formula is C5H6ClF3S. The van der Waals surface area contributed by atoms with Gasteiger partial charge in [0, 0.05) is 11.6 Å². The molecule has 0 aliphatic rings. The van der Waals surface area contributed by atoms with Crippen molar-refractivity contribution in [3.63, 3.8) is 0 Å². The third-order valence-corrected chi connectivity index (χ3v) is 2.07. The number of alkyl halides is 4. The Morgan fingerprint density at radius 2 is 2.00 bits per heavy atom. The van der Waals surface area contributed by atoms with Crippen LogP contribution < -0.4 is 0 Å². The van der Waals surface area contributed by atoms with E-state index in [4.69, 9.17) is 11.6 Å². The van der Waals surface area contributed by atoms with Crippen LogP contribution in [0.3, 0.4) is 0 Å². The van der Waals surface area contributed by atoms with Crippen LogP contribution in [0.4, 0.5) is 13.2 Å². The minimum atomic E-state index is -4.28. The zero-order chi connectivity index (χ0) is 8.20. The normalized spacial score (nSPS) is 11.6. The molecule has 0 bridgehead atoms. The lowest BCUT2D eigenvalue weighted by molar-refractivity contribution is -0.0832. The van der Waals surface area contributed by atoms with E-state index in [1.165, 1.54) is 0 Å². The van der Waals surface area contributed by atoms with Gasteiger partial charge in [-0.25, -0.2) is 0 Å². The van der Waals surface area contributed by atoms with Crippen LogP contribution in [0.15, 0.2) is 11.5 Å². The average Bonchev–Trinajstić information content (AvgIpc) is 1.80. The van der Waals surface area contributed by atoms with Gasteiger partial charge in [0.05, 0.1) is 4.91 Å². The van der Waals surface area contributed by atoms with E-state index in [1.807, 2.05) is 0 Å². The van der Waals surface area contributed by atoms with Crippen molar-refractivity contribution in [2.24, 2.45) is 0 Å². The van der Waals surface area contributed by atoms with E-state index in [9.17, 15) is 13.2 Å². The molecule has 0 aromatic carbocycles. The first-order valence-electron chi connectivity index (χ1n) is 2.43. The Hall–Kier alpha value is 0.170. The molecule has 0 atom stereocenters. The molecule has 0 spiro atoms. The van der Waals surface area contributed by atoms with E-state index in [-0.39, 0.29) is 11.6 Å². The highest BCUT2D eigenvalue weighted by Crippen LogP contribution is 2.32. The lowest BCUT2D eigenvalue weighted by Crippen LogP contribution is -2.08. The lowest BCUT2D eigenvalue weighted by Gasteiger charge is -2.07. The summed E-state index contributed by atoms with van der Waals surface area (Å²) in [5, 5.41) is 0. The van der Waals surface area contributed by atoms with E-state index in [2.05, 4.69) is 6.58 Å². The molecule has 0 aromatic rings. The van der Waals surface area contributed by atoms with Crippen LogP contribution in [-0.4, -0.2) is 17.8 Å². The maximum absolute atomic E-state index is 11.6. The highest BCUT2D eigenvalue weighted by Gasteiger charge is 2.31.